The molecular weight excluding hydrogens is 162 g/mol. The molecule has 0 aliphatic carbocycles. The molecule has 2 atom stereocenters. The summed E-state index contributed by atoms with van der Waals surface area (Å²) in [6.07, 6.45) is 3.81. The fourth-order valence-corrected chi connectivity index (χ4v) is 2.27. The highest BCUT2D eigenvalue weighted by atomic mass is 16.3. The van der Waals surface area contributed by atoms with Crippen molar-refractivity contribution in [1.29, 1.82) is 0 Å². The standard InChI is InChI=1S/C11H23NO/c1-3-5-12-6-4-11(8-12)7-10(2)9-13/h10-11,13H,3-9H2,1-2H3. The summed E-state index contributed by atoms with van der Waals surface area (Å²) in [6, 6.07) is 0. The molecule has 2 nitrogen and oxygen atoms in total. The number of aliphatic hydroxyl groups is 1. The molecule has 0 saturated carbocycles. The Morgan fingerprint density at radius 3 is 2.92 bits per heavy atom. The van der Waals surface area contributed by atoms with E-state index >= 15 is 0 Å². The number of aliphatic hydroxyl groups excluding tert-OH is 1. The minimum absolute atomic E-state index is 0.351. The lowest BCUT2D eigenvalue weighted by molar-refractivity contribution is 0.210. The highest BCUT2D eigenvalue weighted by Gasteiger charge is 2.22. The predicted molar refractivity (Wildman–Crippen MR) is 55.7 cm³/mol. The Kier molecular flexibility index (Phi) is 4.74. The highest BCUT2D eigenvalue weighted by Crippen LogP contribution is 2.23. The maximum Gasteiger partial charge on any atom is 0.0456 e. The van der Waals surface area contributed by atoms with Gasteiger partial charge in [0, 0.05) is 13.2 Å². The summed E-state index contributed by atoms with van der Waals surface area (Å²) in [5, 5.41) is 8.95. The summed E-state index contributed by atoms with van der Waals surface area (Å²) in [6.45, 7) is 8.52. The minimum Gasteiger partial charge on any atom is -0.396 e. The lowest BCUT2D eigenvalue weighted by Crippen LogP contribution is -2.22. The number of hydrogen-bond donors (Lipinski definition) is 1. The van der Waals surface area contributed by atoms with Crippen molar-refractivity contribution < 1.29 is 5.11 Å². The average Bonchev–Trinajstić information content (AvgIpc) is 2.53. The number of hydrogen-bond acceptors (Lipinski definition) is 2. The molecular formula is C11H23NO. The molecule has 0 aromatic carbocycles. The van der Waals surface area contributed by atoms with Crippen LogP contribution in [0.4, 0.5) is 0 Å². The smallest absolute Gasteiger partial charge is 0.0456 e. The van der Waals surface area contributed by atoms with E-state index < -0.39 is 0 Å². The molecule has 0 aromatic rings. The van der Waals surface area contributed by atoms with Gasteiger partial charge in [-0.2, -0.15) is 0 Å². The van der Waals surface area contributed by atoms with Gasteiger partial charge in [-0.1, -0.05) is 13.8 Å². The van der Waals surface area contributed by atoms with Gasteiger partial charge < -0.3 is 10.0 Å². The molecule has 13 heavy (non-hydrogen) atoms. The van der Waals surface area contributed by atoms with Crippen molar-refractivity contribution in [2.24, 2.45) is 11.8 Å². The van der Waals surface area contributed by atoms with Gasteiger partial charge in [-0.25, -0.2) is 0 Å². The summed E-state index contributed by atoms with van der Waals surface area (Å²) >= 11 is 0. The van der Waals surface area contributed by atoms with Crippen LogP contribution >= 0.6 is 0 Å². The van der Waals surface area contributed by atoms with Crippen LogP contribution < -0.4 is 0 Å². The summed E-state index contributed by atoms with van der Waals surface area (Å²) in [5.41, 5.74) is 0. The van der Waals surface area contributed by atoms with Gasteiger partial charge in [0.1, 0.15) is 0 Å². The Hall–Kier alpha value is -0.0800. The third-order valence-corrected chi connectivity index (χ3v) is 2.96. The van der Waals surface area contributed by atoms with Gasteiger partial charge in [0.25, 0.3) is 0 Å². The quantitative estimate of drug-likeness (QED) is 0.705. The van der Waals surface area contributed by atoms with Crippen LogP contribution in [0.3, 0.4) is 0 Å². The summed E-state index contributed by atoms with van der Waals surface area (Å²) in [7, 11) is 0. The van der Waals surface area contributed by atoms with Crippen molar-refractivity contribution in [3.8, 4) is 0 Å². The maximum atomic E-state index is 8.95. The van der Waals surface area contributed by atoms with E-state index in [9.17, 15) is 0 Å². The molecule has 1 aliphatic rings. The largest absolute Gasteiger partial charge is 0.396 e. The minimum atomic E-state index is 0.351. The van der Waals surface area contributed by atoms with E-state index in [-0.39, 0.29) is 0 Å². The van der Waals surface area contributed by atoms with Crippen LogP contribution in [0.15, 0.2) is 0 Å². The van der Waals surface area contributed by atoms with Gasteiger partial charge in [-0.15, -0.1) is 0 Å². The number of rotatable bonds is 5. The fraction of sp³-hybridized carbons (Fsp3) is 1.00. The molecule has 0 bridgehead atoms. The van der Waals surface area contributed by atoms with Crippen LogP contribution in [0.2, 0.25) is 0 Å². The van der Waals surface area contributed by atoms with Crippen molar-refractivity contribution >= 4 is 0 Å². The van der Waals surface area contributed by atoms with Crippen molar-refractivity contribution in [2.75, 3.05) is 26.2 Å². The molecule has 1 heterocycles. The van der Waals surface area contributed by atoms with E-state index in [0.717, 1.165) is 5.92 Å². The third-order valence-electron chi connectivity index (χ3n) is 2.96. The molecule has 2 unspecified atom stereocenters. The topological polar surface area (TPSA) is 23.5 Å². The second-order valence-corrected chi connectivity index (χ2v) is 4.48. The monoisotopic (exact) mass is 185 g/mol. The average molecular weight is 185 g/mol. The first-order valence-corrected chi connectivity index (χ1v) is 5.59. The van der Waals surface area contributed by atoms with Crippen LogP contribution in [0.25, 0.3) is 0 Å². The van der Waals surface area contributed by atoms with E-state index in [2.05, 4.69) is 18.7 Å². The van der Waals surface area contributed by atoms with Gasteiger partial charge in [-0.3, -0.25) is 0 Å². The molecule has 2 heteroatoms. The molecule has 78 valence electrons. The van der Waals surface area contributed by atoms with E-state index in [1.165, 1.54) is 38.9 Å². The second-order valence-electron chi connectivity index (χ2n) is 4.48. The van der Waals surface area contributed by atoms with E-state index in [4.69, 9.17) is 5.11 Å². The molecule has 0 amide bonds. The SMILES string of the molecule is CCCN1CCC(CC(C)CO)C1. The summed E-state index contributed by atoms with van der Waals surface area (Å²) in [4.78, 5) is 2.55. The summed E-state index contributed by atoms with van der Waals surface area (Å²) in [5.74, 6) is 1.33. The zero-order valence-electron chi connectivity index (χ0n) is 9.00. The molecule has 1 N–H and O–H groups in total. The molecule has 0 spiro atoms. The van der Waals surface area contributed by atoms with Crippen molar-refractivity contribution in [3.63, 3.8) is 0 Å². The first kappa shape index (κ1) is 11.0. The lowest BCUT2D eigenvalue weighted by atomic mass is 9.96. The summed E-state index contributed by atoms with van der Waals surface area (Å²) < 4.78 is 0. The zero-order chi connectivity index (χ0) is 9.68. The Bertz CT molecular complexity index is 138. The number of likely N-dealkylation sites (tertiary alicyclic amines) is 1. The maximum absolute atomic E-state index is 8.95. The molecule has 1 fully saturated rings. The van der Waals surface area contributed by atoms with Crippen molar-refractivity contribution in [1.82, 2.24) is 4.90 Å². The van der Waals surface area contributed by atoms with Crippen LogP contribution in [-0.2, 0) is 0 Å². The van der Waals surface area contributed by atoms with Crippen molar-refractivity contribution in [3.05, 3.63) is 0 Å². The number of nitrogens with zero attached hydrogens (tertiary/aromatic N) is 1. The first-order valence-electron chi connectivity index (χ1n) is 5.59. The van der Waals surface area contributed by atoms with Gasteiger partial charge >= 0.3 is 0 Å². The molecule has 0 aromatic heterocycles. The Morgan fingerprint density at radius 1 is 1.54 bits per heavy atom. The lowest BCUT2D eigenvalue weighted by Gasteiger charge is -2.16. The van der Waals surface area contributed by atoms with E-state index in [1.54, 1.807) is 0 Å². The van der Waals surface area contributed by atoms with Crippen LogP contribution in [-0.4, -0.2) is 36.2 Å². The zero-order valence-corrected chi connectivity index (χ0v) is 9.00. The molecule has 1 rings (SSSR count). The first-order chi connectivity index (χ1) is 6.26. The predicted octanol–water partition coefficient (Wildman–Crippen LogP) is 1.74. The Morgan fingerprint density at radius 2 is 2.31 bits per heavy atom. The Labute approximate surface area is 81.9 Å². The normalized spacial score (nSPS) is 26.5. The van der Waals surface area contributed by atoms with E-state index in [1.807, 2.05) is 0 Å². The second kappa shape index (κ2) is 5.61. The van der Waals surface area contributed by atoms with Gasteiger partial charge in [0.2, 0.25) is 0 Å². The Balaban J connectivity index is 2.17. The molecule has 1 saturated heterocycles. The van der Waals surface area contributed by atoms with Gasteiger partial charge in [0.15, 0.2) is 0 Å². The molecule has 1 aliphatic heterocycles. The van der Waals surface area contributed by atoms with Gasteiger partial charge in [-0.05, 0) is 44.2 Å². The molecule has 0 radical (unpaired) electrons. The van der Waals surface area contributed by atoms with Gasteiger partial charge in [0.05, 0.1) is 0 Å². The van der Waals surface area contributed by atoms with Crippen LogP contribution in [0.1, 0.15) is 33.1 Å². The highest BCUT2D eigenvalue weighted by molar-refractivity contribution is 4.76. The van der Waals surface area contributed by atoms with Crippen LogP contribution in [0, 0.1) is 11.8 Å². The van der Waals surface area contributed by atoms with E-state index in [0.29, 0.717) is 12.5 Å². The van der Waals surface area contributed by atoms with Crippen molar-refractivity contribution in [2.45, 2.75) is 33.1 Å². The van der Waals surface area contributed by atoms with Crippen LogP contribution in [0.5, 0.6) is 0 Å². The third kappa shape index (κ3) is 3.65. The fourth-order valence-electron chi connectivity index (χ4n) is 2.27.